The van der Waals surface area contributed by atoms with E-state index >= 15 is 0 Å². The molecule has 3 N–H and O–H groups in total. The fourth-order valence-corrected chi connectivity index (χ4v) is 7.65. The first-order chi connectivity index (χ1) is 27.2. The average molecular weight is 759 g/mol. The summed E-state index contributed by atoms with van der Waals surface area (Å²) < 4.78 is 0. The smallest absolute Gasteiger partial charge is 0.248 e. The number of imidazole rings is 2. The van der Waals surface area contributed by atoms with E-state index in [0.29, 0.717) is 19.0 Å². The largest absolute Gasteiger partial charge is 0.342 e. The number of nitrogens with zero attached hydrogens (tertiary/aromatic N) is 7. The quantitative estimate of drug-likeness (QED) is 0.0467. The minimum absolute atomic E-state index is 0.00423. The number of likely N-dealkylation sites (tertiary alicyclic amines) is 2. The Hall–Kier alpha value is -5.89. The fourth-order valence-electron chi connectivity index (χ4n) is 7.65. The molecule has 2 amide bonds. The van der Waals surface area contributed by atoms with Gasteiger partial charge in [0.25, 0.3) is 0 Å². The molecule has 2 aliphatic rings. The molecule has 56 heavy (non-hydrogen) atoms. The number of aliphatic imine (C=N–C) groups is 1. The van der Waals surface area contributed by atoms with Gasteiger partial charge in [0.2, 0.25) is 24.2 Å². The Morgan fingerprint density at radius 3 is 1.73 bits per heavy atom. The molecule has 5 heterocycles. The highest BCUT2D eigenvalue weighted by molar-refractivity contribution is 5.85. The van der Waals surface area contributed by atoms with E-state index in [4.69, 9.17) is 14.9 Å². The molecule has 2 aromatic carbocycles. The Morgan fingerprint density at radius 1 is 0.750 bits per heavy atom. The number of carbonyl (C=O) groups excluding carboxylic acids is 2. The van der Waals surface area contributed by atoms with Gasteiger partial charge in [-0.3, -0.25) is 9.59 Å². The van der Waals surface area contributed by atoms with Gasteiger partial charge < -0.3 is 30.0 Å². The van der Waals surface area contributed by atoms with E-state index in [1.54, 1.807) is 18.5 Å². The maximum atomic E-state index is 13.8. The standard InChI is InChI=1S/C42H50N10O4/c1-26(2)36(47-25-56-55-5)40(53)51-21-6-9-34(51)38-45-23-32(48-38)30-15-11-28(12-16-30)29-13-17-31(18-14-29)33-24-46-39(49-33)35-10-7-22-52(35)41(54)37(27(3)4)50-42-43-19-8-20-44-42/h8,11-20,23-27,34-37H,6-7,9-10,21-22H2,1-5H3,(H,45,48)(H,46,49)(H,43,44,50)/t34-,35-,36-,37+/m0/s1. The molecule has 2 fully saturated rings. The minimum Gasteiger partial charge on any atom is -0.342 e. The highest BCUT2D eigenvalue weighted by Gasteiger charge is 2.38. The van der Waals surface area contributed by atoms with Crippen LogP contribution in [0.15, 0.2) is 84.4 Å². The molecule has 7 rings (SSSR count). The molecule has 2 aliphatic heterocycles. The van der Waals surface area contributed by atoms with Crippen molar-refractivity contribution in [2.45, 2.75) is 77.5 Å². The summed E-state index contributed by atoms with van der Waals surface area (Å²) in [6.45, 7) is 9.32. The number of rotatable bonds is 14. The zero-order valence-corrected chi connectivity index (χ0v) is 32.6. The van der Waals surface area contributed by atoms with Crippen LogP contribution in [0, 0.1) is 11.8 Å². The van der Waals surface area contributed by atoms with Gasteiger partial charge in [-0.1, -0.05) is 76.2 Å². The summed E-state index contributed by atoms with van der Waals surface area (Å²) >= 11 is 0. The van der Waals surface area contributed by atoms with Gasteiger partial charge in [0.15, 0.2) is 0 Å². The van der Waals surface area contributed by atoms with Crippen molar-refractivity contribution < 1.29 is 19.4 Å². The van der Waals surface area contributed by atoms with Crippen molar-refractivity contribution in [1.29, 1.82) is 0 Å². The zero-order chi connectivity index (χ0) is 39.2. The Labute approximate surface area is 327 Å². The summed E-state index contributed by atoms with van der Waals surface area (Å²) in [5, 5.41) is 3.25. The lowest BCUT2D eigenvalue weighted by atomic mass is 10.0. The fraction of sp³-hybridized carbons (Fsp3) is 0.405. The summed E-state index contributed by atoms with van der Waals surface area (Å²) in [6, 6.07) is 17.2. The van der Waals surface area contributed by atoms with E-state index in [1.807, 2.05) is 49.9 Å². The molecule has 2 saturated heterocycles. The number of benzene rings is 2. The predicted molar refractivity (Wildman–Crippen MR) is 214 cm³/mol. The van der Waals surface area contributed by atoms with Crippen molar-refractivity contribution in [3.63, 3.8) is 0 Å². The number of aromatic amines is 2. The molecule has 5 aromatic rings. The van der Waals surface area contributed by atoms with Gasteiger partial charge >= 0.3 is 0 Å². The molecule has 3 aromatic heterocycles. The molecule has 14 nitrogen and oxygen atoms in total. The van der Waals surface area contributed by atoms with Crippen LogP contribution in [0.2, 0.25) is 0 Å². The van der Waals surface area contributed by atoms with E-state index in [2.05, 4.69) is 83.7 Å². The third-order valence-electron chi connectivity index (χ3n) is 10.6. The Kier molecular flexibility index (Phi) is 11.8. The lowest BCUT2D eigenvalue weighted by Gasteiger charge is -2.30. The van der Waals surface area contributed by atoms with Gasteiger partial charge in [-0.15, -0.1) is 0 Å². The van der Waals surface area contributed by atoms with Gasteiger partial charge in [-0.2, -0.15) is 4.89 Å². The molecule has 0 bridgehead atoms. The molecule has 0 saturated carbocycles. The van der Waals surface area contributed by atoms with E-state index in [9.17, 15) is 9.59 Å². The van der Waals surface area contributed by atoms with Crippen LogP contribution < -0.4 is 5.32 Å². The highest BCUT2D eigenvalue weighted by atomic mass is 17.2. The summed E-state index contributed by atoms with van der Waals surface area (Å²) in [5.41, 5.74) is 6.00. The van der Waals surface area contributed by atoms with Crippen LogP contribution in [0.1, 0.15) is 77.1 Å². The molecular weight excluding hydrogens is 709 g/mol. The van der Waals surface area contributed by atoms with Crippen molar-refractivity contribution >= 4 is 24.2 Å². The topological polar surface area (TPSA) is 167 Å². The normalized spacial score (nSPS) is 18.3. The van der Waals surface area contributed by atoms with Crippen LogP contribution in [-0.4, -0.2) is 90.2 Å². The number of hydrogen-bond donors (Lipinski definition) is 3. The van der Waals surface area contributed by atoms with Gasteiger partial charge in [0, 0.05) is 25.5 Å². The molecule has 0 radical (unpaired) electrons. The van der Waals surface area contributed by atoms with E-state index in [1.165, 1.54) is 13.5 Å². The van der Waals surface area contributed by atoms with Crippen LogP contribution in [0.3, 0.4) is 0 Å². The van der Waals surface area contributed by atoms with E-state index in [0.717, 1.165) is 71.0 Å². The SMILES string of the molecule is COOC=N[C@H](C(=O)N1CCC[C@H]1c1ncc(-c2ccc(-c3ccc(-c4cnc([C@@H]5CCCN5C(=O)[C@H](Nc5ncccn5)C(C)C)[nH]4)cc3)cc2)[nH]1)C(C)C. The van der Waals surface area contributed by atoms with Crippen LogP contribution >= 0.6 is 0 Å². The zero-order valence-electron chi connectivity index (χ0n) is 32.6. The lowest BCUT2D eigenvalue weighted by molar-refractivity contribution is -0.188. The number of anilines is 1. The Bertz CT molecular complexity index is 2100. The third-order valence-corrected chi connectivity index (χ3v) is 10.6. The molecule has 0 aliphatic carbocycles. The Balaban J connectivity index is 0.996. The average Bonchev–Trinajstić information content (AvgIpc) is 4.06. The summed E-state index contributed by atoms with van der Waals surface area (Å²) in [7, 11) is 1.40. The van der Waals surface area contributed by atoms with Crippen LogP contribution in [0.4, 0.5) is 5.95 Å². The number of aromatic nitrogens is 6. The van der Waals surface area contributed by atoms with Gasteiger partial charge in [-0.05, 0) is 65.8 Å². The minimum atomic E-state index is -0.568. The number of nitrogens with one attached hydrogen (secondary N) is 3. The van der Waals surface area contributed by atoms with Crippen LogP contribution in [0.25, 0.3) is 33.6 Å². The number of amides is 2. The van der Waals surface area contributed by atoms with Gasteiger partial charge in [0.05, 0.1) is 43.0 Å². The van der Waals surface area contributed by atoms with Crippen molar-refractivity contribution in [2.75, 3.05) is 25.5 Å². The molecule has 4 atom stereocenters. The monoisotopic (exact) mass is 758 g/mol. The number of H-pyrrole nitrogens is 2. The van der Waals surface area contributed by atoms with E-state index in [-0.39, 0.29) is 35.7 Å². The Morgan fingerprint density at radius 2 is 1.25 bits per heavy atom. The maximum absolute atomic E-state index is 13.8. The van der Waals surface area contributed by atoms with E-state index < -0.39 is 12.1 Å². The second-order valence-electron chi connectivity index (χ2n) is 15.0. The first kappa shape index (κ1) is 38.4. The van der Waals surface area contributed by atoms with Crippen LogP contribution in [-0.2, 0) is 19.4 Å². The maximum Gasteiger partial charge on any atom is 0.248 e. The molecule has 0 spiro atoms. The number of hydrogen-bond acceptors (Lipinski definition) is 10. The summed E-state index contributed by atoms with van der Waals surface area (Å²) in [6.07, 6.45) is 11.7. The van der Waals surface area contributed by atoms with Crippen molar-refractivity contribution in [3.05, 3.63) is 91.0 Å². The third kappa shape index (κ3) is 8.35. The van der Waals surface area contributed by atoms with Crippen LogP contribution in [0.5, 0.6) is 0 Å². The predicted octanol–water partition coefficient (Wildman–Crippen LogP) is 7.02. The van der Waals surface area contributed by atoms with Crippen molar-refractivity contribution in [3.8, 4) is 33.6 Å². The van der Waals surface area contributed by atoms with Crippen molar-refractivity contribution in [1.82, 2.24) is 39.7 Å². The van der Waals surface area contributed by atoms with Gasteiger partial charge in [0.1, 0.15) is 23.7 Å². The summed E-state index contributed by atoms with van der Waals surface area (Å²) in [4.78, 5) is 69.9. The summed E-state index contributed by atoms with van der Waals surface area (Å²) in [5.74, 6) is 2.04. The lowest BCUT2D eigenvalue weighted by Crippen LogP contribution is -2.45. The first-order valence-corrected chi connectivity index (χ1v) is 19.4. The first-order valence-electron chi connectivity index (χ1n) is 19.4. The second kappa shape index (κ2) is 17.3. The molecule has 292 valence electrons. The molecule has 14 heteroatoms. The number of carbonyl (C=O) groups is 2. The molecular formula is C42H50N10O4. The highest BCUT2D eigenvalue weighted by Crippen LogP contribution is 2.35. The molecule has 0 unspecified atom stereocenters. The van der Waals surface area contributed by atoms with Crippen molar-refractivity contribution in [2.24, 2.45) is 16.8 Å². The second-order valence-corrected chi connectivity index (χ2v) is 15.0. The van der Waals surface area contributed by atoms with Gasteiger partial charge in [-0.25, -0.2) is 24.9 Å².